The molecule has 3 N–H and O–H groups in total. The van der Waals surface area contributed by atoms with Crippen molar-refractivity contribution in [3.8, 4) is 0 Å². The Hall–Kier alpha value is -1.75. The number of alkyl carbamates (subject to hydrolysis) is 1. The Labute approximate surface area is 120 Å². The number of hydrogen-bond acceptors (Lipinski definition) is 4. The van der Waals surface area contributed by atoms with Crippen molar-refractivity contribution in [3.63, 3.8) is 0 Å². The molecule has 0 saturated heterocycles. The molecule has 0 radical (unpaired) electrons. The molecule has 112 valence electrons. The maximum atomic E-state index is 11.5. The van der Waals surface area contributed by atoms with E-state index in [-0.39, 0.29) is 12.6 Å². The summed E-state index contributed by atoms with van der Waals surface area (Å²) in [6, 6.07) is 7.58. The van der Waals surface area contributed by atoms with Crippen molar-refractivity contribution >= 4 is 11.8 Å². The lowest BCUT2D eigenvalue weighted by Gasteiger charge is -2.21. The number of carbonyl (C=O) groups excluding carboxylic acids is 1. The van der Waals surface area contributed by atoms with Crippen LogP contribution >= 0.6 is 0 Å². The lowest BCUT2D eigenvalue weighted by atomic mass is 10.2. The summed E-state index contributed by atoms with van der Waals surface area (Å²) < 4.78 is 5.16. The summed E-state index contributed by atoms with van der Waals surface area (Å²) in [5, 5.41) is 15.0. The van der Waals surface area contributed by atoms with Gasteiger partial charge in [0, 0.05) is 18.3 Å². The van der Waals surface area contributed by atoms with E-state index in [2.05, 4.69) is 10.6 Å². The van der Waals surface area contributed by atoms with Gasteiger partial charge in [-0.1, -0.05) is 12.1 Å². The summed E-state index contributed by atoms with van der Waals surface area (Å²) in [6.45, 7) is 7.92. The van der Waals surface area contributed by atoms with Gasteiger partial charge in [0.05, 0.1) is 6.61 Å². The largest absolute Gasteiger partial charge is 0.444 e. The van der Waals surface area contributed by atoms with Crippen LogP contribution in [0.5, 0.6) is 0 Å². The van der Waals surface area contributed by atoms with Gasteiger partial charge in [0.15, 0.2) is 0 Å². The van der Waals surface area contributed by atoms with Crippen molar-refractivity contribution in [1.29, 1.82) is 0 Å². The van der Waals surface area contributed by atoms with E-state index in [9.17, 15) is 4.79 Å². The van der Waals surface area contributed by atoms with E-state index < -0.39 is 11.7 Å². The van der Waals surface area contributed by atoms with E-state index in [4.69, 9.17) is 9.84 Å². The first-order valence-electron chi connectivity index (χ1n) is 6.73. The van der Waals surface area contributed by atoms with Gasteiger partial charge in [0.1, 0.15) is 5.60 Å². The molecular formula is C15H24N2O3. The topological polar surface area (TPSA) is 70.6 Å². The molecule has 5 nitrogen and oxygen atoms in total. The van der Waals surface area contributed by atoms with Gasteiger partial charge in [-0.05, 0) is 45.4 Å². The number of benzene rings is 1. The van der Waals surface area contributed by atoms with Gasteiger partial charge < -0.3 is 20.5 Å². The molecule has 0 saturated carbocycles. The number of carbonyl (C=O) groups is 1. The molecule has 5 heteroatoms. The molecule has 1 atom stereocenters. The van der Waals surface area contributed by atoms with Gasteiger partial charge in [-0.3, -0.25) is 0 Å². The Bertz CT molecular complexity index is 441. The molecule has 0 fully saturated rings. The first-order valence-corrected chi connectivity index (χ1v) is 6.73. The molecule has 1 aromatic carbocycles. The van der Waals surface area contributed by atoms with Gasteiger partial charge >= 0.3 is 6.09 Å². The molecule has 0 aliphatic heterocycles. The van der Waals surface area contributed by atoms with Crippen molar-refractivity contribution < 1.29 is 14.6 Å². The fourth-order valence-corrected chi connectivity index (χ4v) is 1.65. The van der Waals surface area contributed by atoms with Crippen molar-refractivity contribution in [2.45, 2.75) is 45.9 Å². The zero-order chi connectivity index (χ0) is 15.2. The smallest absolute Gasteiger partial charge is 0.407 e. The summed E-state index contributed by atoms with van der Waals surface area (Å²) in [6.07, 6.45) is -0.421. The molecule has 0 aliphatic rings. The molecule has 1 aromatic rings. The molecule has 1 rings (SSSR count). The summed E-state index contributed by atoms with van der Waals surface area (Å²) >= 11 is 0. The van der Waals surface area contributed by atoms with E-state index in [0.717, 1.165) is 11.3 Å². The Balaban J connectivity index is 2.40. The van der Waals surface area contributed by atoms with Crippen LogP contribution in [-0.4, -0.2) is 29.4 Å². The Morgan fingerprint density at radius 3 is 2.70 bits per heavy atom. The first-order chi connectivity index (χ1) is 9.30. The summed E-state index contributed by atoms with van der Waals surface area (Å²) in [4.78, 5) is 11.5. The summed E-state index contributed by atoms with van der Waals surface area (Å²) in [5.74, 6) is 0. The Morgan fingerprint density at radius 2 is 2.10 bits per heavy atom. The van der Waals surface area contributed by atoms with Crippen molar-refractivity contribution in [3.05, 3.63) is 29.8 Å². The molecule has 0 heterocycles. The third kappa shape index (κ3) is 6.43. The van der Waals surface area contributed by atoms with E-state index in [1.54, 1.807) is 0 Å². The van der Waals surface area contributed by atoms with Crippen LogP contribution in [0.3, 0.4) is 0 Å². The minimum absolute atomic E-state index is 0.0139. The minimum atomic E-state index is -0.490. The first kappa shape index (κ1) is 16.3. The average molecular weight is 280 g/mol. The number of aliphatic hydroxyl groups is 1. The Kier molecular flexibility index (Phi) is 5.82. The fourth-order valence-electron chi connectivity index (χ4n) is 1.65. The highest BCUT2D eigenvalue weighted by Crippen LogP contribution is 2.11. The van der Waals surface area contributed by atoms with Crippen LogP contribution in [-0.2, 0) is 11.3 Å². The lowest BCUT2D eigenvalue weighted by Crippen LogP contribution is -2.38. The maximum absolute atomic E-state index is 11.5. The third-order valence-corrected chi connectivity index (χ3v) is 2.47. The predicted molar refractivity (Wildman–Crippen MR) is 79.7 cm³/mol. The van der Waals surface area contributed by atoms with Crippen LogP contribution in [0, 0.1) is 0 Å². The quantitative estimate of drug-likeness (QED) is 0.775. The van der Waals surface area contributed by atoms with Crippen molar-refractivity contribution in [2.24, 2.45) is 0 Å². The highest BCUT2D eigenvalue weighted by molar-refractivity contribution is 5.67. The number of hydrogen-bond donors (Lipinski definition) is 3. The van der Waals surface area contributed by atoms with E-state index in [0.29, 0.717) is 6.54 Å². The van der Waals surface area contributed by atoms with E-state index in [1.165, 1.54) is 0 Å². The molecule has 0 bridgehead atoms. The van der Waals surface area contributed by atoms with E-state index in [1.807, 2.05) is 52.0 Å². The molecule has 1 unspecified atom stereocenters. The predicted octanol–water partition coefficient (Wildman–Crippen LogP) is 2.50. The SMILES string of the molecule is CC(CNC(=O)OC(C)(C)C)Nc1cccc(CO)c1. The van der Waals surface area contributed by atoms with Gasteiger partial charge in [-0.2, -0.15) is 0 Å². The highest BCUT2D eigenvalue weighted by Gasteiger charge is 2.16. The molecule has 1 amide bonds. The minimum Gasteiger partial charge on any atom is -0.444 e. The number of nitrogens with one attached hydrogen (secondary N) is 2. The number of amides is 1. The molecule has 0 aromatic heterocycles. The maximum Gasteiger partial charge on any atom is 0.407 e. The monoisotopic (exact) mass is 280 g/mol. The second-order valence-electron chi connectivity index (χ2n) is 5.79. The third-order valence-electron chi connectivity index (χ3n) is 2.47. The molecule has 0 aliphatic carbocycles. The van der Waals surface area contributed by atoms with Crippen LogP contribution in [0.15, 0.2) is 24.3 Å². The van der Waals surface area contributed by atoms with Gasteiger partial charge in [0.25, 0.3) is 0 Å². The molecule has 0 spiro atoms. The highest BCUT2D eigenvalue weighted by atomic mass is 16.6. The molecule has 20 heavy (non-hydrogen) atoms. The number of ether oxygens (including phenoxy) is 1. The Morgan fingerprint density at radius 1 is 1.40 bits per heavy atom. The molecular weight excluding hydrogens is 256 g/mol. The standard InChI is InChI=1S/C15H24N2O3/c1-11(9-16-14(19)20-15(2,3)4)17-13-7-5-6-12(8-13)10-18/h5-8,11,17-18H,9-10H2,1-4H3,(H,16,19). The average Bonchev–Trinajstić information content (AvgIpc) is 2.34. The van der Waals surface area contributed by atoms with Crippen LogP contribution in [0.4, 0.5) is 10.5 Å². The summed E-state index contributed by atoms with van der Waals surface area (Å²) in [7, 11) is 0. The zero-order valence-corrected chi connectivity index (χ0v) is 12.6. The van der Waals surface area contributed by atoms with Crippen LogP contribution in [0.1, 0.15) is 33.3 Å². The van der Waals surface area contributed by atoms with Gasteiger partial charge in [0.2, 0.25) is 0 Å². The second-order valence-corrected chi connectivity index (χ2v) is 5.79. The van der Waals surface area contributed by atoms with Gasteiger partial charge in [-0.15, -0.1) is 0 Å². The van der Waals surface area contributed by atoms with Crippen LogP contribution in [0.25, 0.3) is 0 Å². The fraction of sp³-hybridized carbons (Fsp3) is 0.533. The lowest BCUT2D eigenvalue weighted by molar-refractivity contribution is 0.0526. The van der Waals surface area contributed by atoms with E-state index >= 15 is 0 Å². The summed E-state index contributed by atoms with van der Waals surface area (Å²) in [5.41, 5.74) is 1.27. The van der Waals surface area contributed by atoms with Crippen molar-refractivity contribution in [2.75, 3.05) is 11.9 Å². The normalized spacial score (nSPS) is 12.7. The zero-order valence-electron chi connectivity index (χ0n) is 12.6. The van der Waals surface area contributed by atoms with Crippen LogP contribution < -0.4 is 10.6 Å². The second kappa shape index (κ2) is 7.14. The van der Waals surface area contributed by atoms with Gasteiger partial charge in [-0.25, -0.2) is 4.79 Å². The van der Waals surface area contributed by atoms with Crippen LogP contribution in [0.2, 0.25) is 0 Å². The number of aliphatic hydroxyl groups excluding tert-OH is 1. The van der Waals surface area contributed by atoms with Crippen molar-refractivity contribution in [1.82, 2.24) is 5.32 Å². The number of anilines is 1. The number of rotatable bonds is 5.